The second-order valence-electron chi connectivity index (χ2n) is 6.40. The average Bonchev–Trinajstić information content (AvgIpc) is 3.37. The van der Waals surface area contributed by atoms with Crippen LogP contribution in [0.1, 0.15) is 32.5 Å². The third kappa shape index (κ3) is 5.11. The lowest BCUT2D eigenvalue weighted by Crippen LogP contribution is -2.13. The van der Waals surface area contributed by atoms with E-state index in [4.69, 9.17) is 9.26 Å². The normalized spacial score (nSPS) is 10.7. The van der Waals surface area contributed by atoms with Crippen molar-refractivity contribution in [2.75, 3.05) is 5.32 Å². The van der Waals surface area contributed by atoms with Crippen LogP contribution >= 0.6 is 27.3 Å². The van der Waals surface area contributed by atoms with E-state index in [1.54, 1.807) is 37.4 Å². The number of aromatic nitrogens is 3. The largest absolute Gasteiger partial charge is 0.485 e. The molecule has 2 aromatic heterocycles. The number of nitrogens with zero attached hydrogens (tertiary/aromatic N) is 3. The first kappa shape index (κ1) is 20.2. The van der Waals surface area contributed by atoms with E-state index in [1.165, 1.54) is 16.9 Å². The Kier molecular flexibility index (Phi) is 6.20. The number of halogens is 1. The smallest absolute Gasteiger partial charge is 0.261 e. The number of carbonyl (C=O) groups is 1. The number of carbonyl (C=O) groups excluding carboxylic acids is 1. The van der Waals surface area contributed by atoms with E-state index in [2.05, 4.69) is 48.5 Å². The average molecular weight is 485 g/mol. The molecule has 0 saturated carbocycles. The SMILES string of the molecule is Cc1nc(COc2ccccc2C(=O)Nc2ncc(Cc3ccc(Br)cc3)s2)no1. The van der Waals surface area contributed by atoms with Crippen LogP contribution in [0.15, 0.2) is 63.7 Å². The van der Waals surface area contributed by atoms with E-state index in [9.17, 15) is 4.79 Å². The van der Waals surface area contributed by atoms with Crippen LogP contribution in [0, 0.1) is 6.92 Å². The van der Waals surface area contributed by atoms with Crippen LogP contribution in [-0.2, 0) is 13.0 Å². The summed E-state index contributed by atoms with van der Waals surface area (Å²) in [6.45, 7) is 1.81. The molecule has 9 heteroatoms. The number of nitrogens with one attached hydrogen (secondary N) is 1. The monoisotopic (exact) mass is 484 g/mol. The molecule has 0 spiro atoms. The first-order valence-corrected chi connectivity index (χ1v) is 10.7. The maximum atomic E-state index is 12.8. The van der Waals surface area contributed by atoms with Gasteiger partial charge in [0.2, 0.25) is 11.7 Å². The van der Waals surface area contributed by atoms with Crippen molar-refractivity contribution in [3.8, 4) is 5.75 Å². The molecule has 1 amide bonds. The minimum Gasteiger partial charge on any atom is -0.485 e. The molecule has 0 aliphatic heterocycles. The Bertz CT molecular complexity index is 1160. The number of hydrogen-bond acceptors (Lipinski definition) is 7. The van der Waals surface area contributed by atoms with Crippen molar-refractivity contribution in [2.45, 2.75) is 20.0 Å². The summed E-state index contributed by atoms with van der Waals surface area (Å²) in [6, 6.07) is 15.1. The fourth-order valence-electron chi connectivity index (χ4n) is 2.74. The quantitative estimate of drug-likeness (QED) is 0.396. The molecule has 7 nitrogen and oxygen atoms in total. The molecule has 152 valence electrons. The standard InChI is InChI=1S/C21H17BrN4O3S/c1-13-24-19(26-29-13)12-28-18-5-3-2-4-17(18)20(27)25-21-23-11-16(30-21)10-14-6-8-15(22)9-7-14/h2-9,11H,10,12H2,1H3,(H,23,25,27). The van der Waals surface area contributed by atoms with Crippen molar-refractivity contribution in [3.63, 3.8) is 0 Å². The van der Waals surface area contributed by atoms with Crippen LogP contribution in [0.4, 0.5) is 5.13 Å². The third-order valence-electron chi connectivity index (χ3n) is 4.12. The van der Waals surface area contributed by atoms with Crippen molar-refractivity contribution in [2.24, 2.45) is 0 Å². The molecule has 30 heavy (non-hydrogen) atoms. The molecule has 2 heterocycles. The molecule has 0 aliphatic rings. The molecule has 1 N–H and O–H groups in total. The number of ether oxygens (including phenoxy) is 1. The zero-order valence-corrected chi connectivity index (χ0v) is 18.4. The van der Waals surface area contributed by atoms with Gasteiger partial charge in [0.1, 0.15) is 5.75 Å². The van der Waals surface area contributed by atoms with E-state index in [-0.39, 0.29) is 12.5 Å². The van der Waals surface area contributed by atoms with Crippen molar-refractivity contribution < 1.29 is 14.1 Å². The summed E-state index contributed by atoms with van der Waals surface area (Å²) in [7, 11) is 0. The number of hydrogen-bond donors (Lipinski definition) is 1. The number of benzene rings is 2. The summed E-state index contributed by atoms with van der Waals surface area (Å²) in [5.74, 6) is 1.02. The Balaban J connectivity index is 1.41. The van der Waals surface area contributed by atoms with Gasteiger partial charge in [-0.2, -0.15) is 4.98 Å². The van der Waals surface area contributed by atoms with E-state index in [0.717, 1.165) is 15.8 Å². The maximum Gasteiger partial charge on any atom is 0.261 e. The van der Waals surface area contributed by atoms with Crippen LogP contribution in [-0.4, -0.2) is 21.0 Å². The van der Waals surface area contributed by atoms with Gasteiger partial charge in [0.15, 0.2) is 11.7 Å². The summed E-state index contributed by atoms with van der Waals surface area (Å²) in [5, 5.41) is 7.18. The fraction of sp³-hybridized carbons (Fsp3) is 0.143. The zero-order valence-electron chi connectivity index (χ0n) is 16.0. The van der Waals surface area contributed by atoms with Crippen LogP contribution < -0.4 is 10.1 Å². The van der Waals surface area contributed by atoms with Gasteiger partial charge in [-0.15, -0.1) is 11.3 Å². The summed E-state index contributed by atoms with van der Waals surface area (Å²) >= 11 is 4.88. The lowest BCUT2D eigenvalue weighted by Gasteiger charge is -2.09. The predicted molar refractivity (Wildman–Crippen MR) is 117 cm³/mol. The van der Waals surface area contributed by atoms with E-state index < -0.39 is 0 Å². The molecule has 4 aromatic rings. The van der Waals surface area contributed by atoms with Gasteiger partial charge in [0, 0.05) is 28.9 Å². The highest BCUT2D eigenvalue weighted by Crippen LogP contribution is 2.25. The van der Waals surface area contributed by atoms with Gasteiger partial charge in [-0.25, -0.2) is 4.98 Å². The highest BCUT2D eigenvalue weighted by molar-refractivity contribution is 9.10. The van der Waals surface area contributed by atoms with Crippen molar-refractivity contribution in [1.29, 1.82) is 0 Å². The van der Waals surface area contributed by atoms with Crippen molar-refractivity contribution in [3.05, 3.63) is 86.9 Å². The highest BCUT2D eigenvalue weighted by Gasteiger charge is 2.15. The van der Waals surface area contributed by atoms with Crippen LogP contribution in [0.2, 0.25) is 0 Å². The van der Waals surface area contributed by atoms with Gasteiger partial charge in [-0.1, -0.05) is 45.4 Å². The minimum absolute atomic E-state index is 0.107. The Morgan fingerprint density at radius 2 is 2.00 bits per heavy atom. The first-order chi connectivity index (χ1) is 14.6. The van der Waals surface area contributed by atoms with Gasteiger partial charge in [0.25, 0.3) is 5.91 Å². The topological polar surface area (TPSA) is 90.1 Å². The molecule has 0 radical (unpaired) electrons. The molecule has 2 aromatic carbocycles. The molecule has 0 fully saturated rings. The lowest BCUT2D eigenvalue weighted by atomic mass is 10.1. The van der Waals surface area contributed by atoms with E-state index >= 15 is 0 Å². The minimum atomic E-state index is -0.292. The Hall–Kier alpha value is -3.04. The van der Waals surface area contributed by atoms with Gasteiger partial charge in [0.05, 0.1) is 5.56 Å². The van der Waals surface area contributed by atoms with Gasteiger partial charge >= 0.3 is 0 Å². The molecular weight excluding hydrogens is 468 g/mol. The molecule has 0 aliphatic carbocycles. The molecule has 0 saturated heterocycles. The Labute approximate surface area is 185 Å². The second-order valence-corrected chi connectivity index (χ2v) is 8.43. The highest BCUT2D eigenvalue weighted by atomic mass is 79.9. The number of amides is 1. The summed E-state index contributed by atoms with van der Waals surface area (Å²) in [4.78, 5) is 22.3. The number of thiazole rings is 1. The molecule has 0 atom stereocenters. The second kappa shape index (κ2) is 9.19. The van der Waals surface area contributed by atoms with Crippen molar-refractivity contribution in [1.82, 2.24) is 15.1 Å². The molecular formula is C21H17BrN4O3S. The number of para-hydroxylation sites is 1. The lowest BCUT2D eigenvalue weighted by molar-refractivity contribution is 0.102. The first-order valence-electron chi connectivity index (χ1n) is 9.08. The molecule has 4 rings (SSSR count). The summed E-state index contributed by atoms with van der Waals surface area (Å²) in [6.07, 6.45) is 2.54. The van der Waals surface area contributed by atoms with E-state index in [1.807, 2.05) is 12.1 Å². The number of anilines is 1. The van der Waals surface area contributed by atoms with Crippen molar-refractivity contribution >= 4 is 38.3 Å². The van der Waals surface area contributed by atoms with Gasteiger partial charge < -0.3 is 9.26 Å². The van der Waals surface area contributed by atoms with Gasteiger partial charge in [-0.3, -0.25) is 10.1 Å². The van der Waals surface area contributed by atoms with Crippen LogP contribution in [0.5, 0.6) is 5.75 Å². The van der Waals surface area contributed by atoms with Crippen LogP contribution in [0.3, 0.4) is 0 Å². The maximum absolute atomic E-state index is 12.8. The van der Waals surface area contributed by atoms with Gasteiger partial charge in [-0.05, 0) is 29.8 Å². The van der Waals surface area contributed by atoms with Crippen LogP contribution in [0.25, 0.3) is 0 Å². The Morgan fingerprint density at radius 1 is 1.20 bits per heavy atom. The summed E-state index contributed by atoms with van der Waals surface area (Å²) < 4.78 is 11.7. The molecule has 0 bridgehead atoms. The third-order valence-corrected chi connectivity index (χ3v) is 5.57. The fourth-order valence-corrected chi connectivity index (χ4v) is 3.84. The summed E-state index contributed by atoms with van der Waals surface area (Å²) in [5.41, 5.74) is 1.58. The van der Waals surface area contributed by atoms with E-state index in [0.29, 0.717) is 28.2 Å². The predicted octanol–water partition coefficient (Wildman–Crippen LogP) is 5.02. The zero-order chi connectivity index (χ0) is 20.9. The Morgan fingerprint density at radius 3 is 2.77 bits per heavy atom. The number of aryl methyl sites for hydroxylation is 1. The number of rotatable bonds is 7. The molecule has 0 unspecified atom stereocenters.